The Balaban J connectivity index is 2.55. The van der Waals surface area contributed by atoms with Crippen molar-refractivity contribution in [3.8, 4) is 0 Å². The van der Waals surface area contributed by atoms with Crippen molar-refractivity contribution in [1.29, 1.82) is 0 Å². The van der Waals surface area contributed by atoms with Crippen LogP contribution in [0.4, 0.5) is 11.4 Å². The van der Waals surface area contributed by atoms with E-state index in [1.54, 1.807) is 12.1 Å². The highest BCUT2D eigenvalue weighted by Gasteiger charge is 2.20. The molecule has 23 heavy (non-hydrogen) atoms. The highest BCUT2D eigenvalue weighted by molar-refractivity contribution is 6.35. The molecule has 0 heterocycles. The molecule has 0 aliphatic heterocycles. The van der Waals surface area contributed by atoms with Crippen LogP contribution in [0.25, 0.3) is 0 Å². The number of rotatable bonds is 5. The standard InChI is InChI=1S/C15H10Cl2N2O4/c16-8-14(20)18-13-6-5-9(19(22)23)7-11(13)15(21)10-3-1-2-4-12(10)17/h1-7H,8H2,(H,18,20). The van der Waals surface area contributed by atoms with Crippen LogP contribution in [-0.4, -0.2) is 22.5 Å². The van der Waals surface area contributed by atoms with E-state index in [9.17, 15) is 19.7 Å². The van der Waals surface area contributed by atoms with E-state index in [0.717, 1.165) is 6.07 Å². The average Bonchev–Trinajstić information content (AvgIpc) is 2.54. The predicted octanol–water partition coefficient (Wildman–Crippen LogP) is 3.66. The van der Waals surface area contributed by atoms with Crippen molar-refractivity contribution < 1.29 is 14.5 Å². The van der Waals surface area contributed by atoms with Gasteiger partial charge in [0.05, 0.1) is 21.2 Å². The van der Waals surface area contributed by atoms with Crippen LogP contribution >= 0.6 is 23.2 Å². The molecule has 0 bridgehead atoms. The SMILES string of the molecule is O=C(CCl)Nc1ccc([N+](=O)[O-])cc1C(=O)c1ccccc1Cl. The maximum Gasteiger partial charge on any atom is 0.270 e. The molecule has 0 saturated heterocycles. The van der Waals surface area contributed by atoms with E-state index < -0.39 is 16.6 Å². The van der Waals surface area contributed by atoms with Gasteiger partial charge in [0.15, 0.2) is 5.78 Å². The Labute approximate surface area is 141 Å². The Morgan fingerprint density at radius 1 is 1.13 bits per heavy atom. The van der Waals surface area contributed by atoms with E-state index in [-0.39, 0.29) is 33.4 Å². The summed E-state index contributed by atoms with van der Waals surface area (Å²) >= 11 is 11.4. The van der Waals surface area contributed by atoms with Gasteiger partial charge in [0.2, 0.25) is 5.91 Å². The predicted molar refractivity (Wildman–Crippen MR) is 87.3 cm³/mol. The number of benzene rings is 2. The molecule has 0 radical (unpaired) electrons. The number of ketones is 1. The van der Waals surface area contributed by atoms with Crippen LogP contribution < -0.4 is 5.32 Å². The lowest BCUT2D eigenvalue weighted by Crippen LogP contribution is -2.16. The van der Waals surface area contributed by atoms with Crippen LogP contribution in [0.1, 0.15) is 15.9 Å². The number of amides is 1. The maximum absolute atomic E-state index is 12.6. The Morgan fingerprint density at radius 2 is 1.83 bits per heavy atom. The van der Waals surface area contributed by atoms with E-state index in [1.165, 1.54) is 24.3 Å². The molecule has 0 fully saturated rings. The third kappa shape index (κ3) is 3.85. The zero-order chi connectivity index (χ0) is 17.0. The summed E-state index contributed by atoms with van der Waals surface area (Å²) in [5.74, 6) is -1.38. The second-order valence-corrected chi connectivity index (χ2v) is 5.15. The first kappa shape index (κ1) is 16.9. The summed E-state index contributed by atoms with van der Waals surface area (Å²) in [5.41, 5.74) is -0.00255. The number of hydrogen-bond acceptors (Lipinski definition) is 4. The van der Waals surface area contributed by atoms with Crippen molar-refractivity contribution in [3.05, 3.63) is 68.7 Å². The smallest absolute Gasteiger partial charge is 0.270 e. The summed E-state index contributed by atoms with van der Waals surface area (Å²) in [7, 11) is 0. The zero-order valence-corrected chi connectivity index (χ0v) is 13.1. The average molecular weight is 353 g/mol. The molecule has 0 saturated carbocycles. The summed E-state index contributed by atoms with van der Waals surface area (Å²) in [6, 6.07) is 9.87. The Hall–Kier alpha value is -2.44. The van der Waals surface area contributed by atoms with Gasteiger partial charge < -0.3 is 5.32 Å². The third-order valence-corrected chi connectivity index (χ3v) is 3.54. The first-order valence-electron chi connectivity index (χ1n) is 6.37. The topological polar surface area (TPSA) is 89.3 Å². The number of carbonyl (C=O) groups is 2. The molecule has 2 aromatic rings. The molecule has 0 aliphatic rings. The van der Waals surface area contributed by atoms with Gasteiger partial charge in [-0.2, -0.15) is 0 Å². The Bertz CT molecular complexity index is 793. The van der Waals surface area contributed by atoms with Crippen LogP contribution in [0.2, 0.25) is 5.02 Å². The lowest BCUT2D eigenvalue weighted by atomic mass is 10.0. The van der Waals surface area contributed by atoms with E-state index in [4.69, 9.17) is 23.2 Å². The number of non-ortho nitro benzene ring substituents is 1. The quantitative estimate of drug-likeness (QED) is 0.384. The molecule has 0 aliphatic carbocycles. The van der Waals surface area contributed by atoms with Crippen molar-refractivity contribution in [2.24, 2.45) is 0 Å². The van der Waals surface area contributed by atoms with Gasteiger partial charge in [0.25, 0.3) is 5.69 Å². The van der Waals surface area contributed by atoms with Crippen molar-refractivity contribution >= 4 is 46.3 Å². The fraction of sp³-hybridized carbons (Fsp3) is 0.0667. The molecule has 1 N–H and O–H groups in total. The minimum Gasteiger partial charge on any atom is -0.324 e. The molecule has 0 aromatic heterocycles. The monoisotopic (exact) mass is 352 g/mol. The summed E-state index contributed by atoms with van der Waals surface area (Å²) in [5, 5.41) is 13.6. The zero-order valence-electron chi connectivity index (χ0n) is 11.6. The van der Waals surface area contributed by atoms with E-state index in [0.29, 0.717) is 0 Å². The number of carbonyl (C=O) groups excluding carboxylic acids is 2. The number of nitro groups is 1. The van der Waals surface area contributed by atoms with E-state index in [2.05, 4.69) is 5.32 Å². The highest BCUT2D eigenvalue weighted by atomic mass is 35.5. The fourth-order valence-corrected chi connectivity index (χ4v) is 2.21. The Kier molecular flexibility index (Phi) is 5.31. The molecule has 2 rings (SSSR count). The van der Waals surface area contributed by atoms with Gasteiger partial charge in [0, 0.05) is 17.7 Å². The van der Waals surface area contributed by atoms with Gasteiger partial charge in [-0.15, -0.1) is 11.6 Å². The van der Waals surface area contributed by atoms with Gasteiger partial charge in [-0.25, -0.2) is 0 Å². The number of hydrogen-bond donors (Lipinski definition) is 1. The van der Waals surface area contributed by atoms with Crippen LogP contribution in [-0.2, 0) is 4.79 Å². The number of halogens is 2. The second-order valence-electron chi connectivity index (χ2n) is 4.48. The minimum absolute atomic E-state index is 0.0363. The number of alkyl halides is 1. The summed E-state index contributed by atoms with van der Waals surface area (Å²) < 4.78 is 0. The lowest BCUT2D eigenvalue weighted by molar-refractivity contribution is -0.384. The number of nitrogens with zero attached hydrogens (tertiary/aromatic N) is 1. The molecule has 6 nitrogen and oxygen atoms in total. The van der Waals surface area contributed by atoms with Gasteiger partial charge in [-0.05, 0) is 18.2 Å². The van der Waals surface area contributed by atoms with E-state index in [1.807, 2.05) is 0 Å². The van der Waals surface area contributed by atoms with Crippen LogP contribution in [0.3, 0.4) is 0 Å². The molecule has 0 spiro atoms. The minimum atomic E-state index is -0.628. The third-order valence-electron chi connectivity index (χ3n) is 2.97. The molecule has 8 heteroatoms. The molecular weight excluding hydrogens is 343 g/mol. The maximum atomic E-state index is 12.6. The van der Waals surface area contributed by atoms with Crippen molar-refractivity contribution in [2.75, 3.05) is 11.2 Å². The van der Waals surface area contributed by atoms with Crippen LogP contribution in [0.5, 0.6) is 0 Å². The summed E-state index contributed by atoms with van der Waals surface area (Å²) in [6.07, 6.45) is 0. The van der Waals surface area contributed by atoms with Gasteiger partial charge in [-0.3, -0.25) is 19.7 Å². The first-order chi connectivity index (χ1) is 10.9. The van der Waals surface area contributed by atoms with Gasteiger partial charge in [0.1, 0.15) is 5.88 Å². The molecule has 2 aromatic carbocycles. The molecule has 0 unspecified atom stereocenters. The number of nitro benzene ring substituents is 1. The molecule has 118 valence electrons. The Morgan fingerprint density at radius 3 is 2.43 bits per heavy atom. The molecule has 1 amide bonds. The summed E-state index contributed by atoms with van der Waals surface area (Å²) in [6.45, 7) is 0. The van der Waals surface area contributed by atoms with Crippen molar-refractivity contribution in [2.45, 2.75) is 0 Å². The molecule has 0 atom stereocenters. The van der Waals surface area contributed by atoms with Crippen molar-refractivity contribution in [3.63, 3.8) is 0 Å². The van der Waals surface area contributed by atoms with E-state index >= 15 is 0 Å². The second kappa shape index (κ2) is 7.21. The van der Waals surface area contributed by atoms with Gasteiger partial charge in [-0.1, -0.05) is 23.7 Å². The first-order valence-corrected chi connectivity index (χ1v) is 7.28. The van der Waals surface area contributed by atoms with Crippen LogP contribution in [0, 0.1) is 10.1 Å². The van der Waals surface area contributed by atoms with Crippen LogP contribution in [0.15, 0.2) is 42.5 Å². The largest absolute Gasteiger partial charge is 0.324 e. The normalized spacial score (nSPS) is 10.2. The summed E-state index contributed by atoms with van der Waals surface area (Å²) in [4.78, 5) is 34.4. The highest BCUT2D eigenvalue weighted by Crippen LogP contribution is 2.27. The van der Waals surface area contributed by atoms with Gasteiger partial charge >= 0.3 is 0 Å². The fourth-order valence-electron chi connectivity index (χ4n) is 1.92. The molecular formula is C15H10Cl2N2O4. The number of anilines is 1. The lowest BCUT2D eigenvalue weighted by Gasteiger charge is -2.10. The number of nitrogens with one attached hydrogen (secondary N) is 1. The van der Waals surface area contributed by atoms with Crippen molar-refractivity contribution in [1.82, 2.24) is 0 Å².